The molecule has 88 valence electrons. The molecule has 0 radical (unpaired) electrons. The van der Waals surface area contributed by atoms with Crippen molar-refractivity contribution in [2.75, 3.05) is 19.0 Å². The van der Waals surface area contributed by atoms with E-state index in [2.05, 4.69) is 0 Å². The summed E-state index contributed by atoms with van der Waals surface area (Å²) >= 11 is 5.97. The highest BCUT2D eigenvalue weighted by molar-refractivity contribution is 6.31. The molecule has 0 aliphatic rings. The van der Waals surface area contributed by atoms with Gasteiger partial charge in [0.05, 0.1) is 0 Å². The van der Waals surface area contributed by atoms with E-state index in [1.54, 1.807) is 18.2 Å². The number of phenolic OH excluding ortho intramolecular Hbond substituents is 1. The maximum atomic E-state index is 9.92. The van der Waals surface area contributed by atoms with Crippen LogP contribution in [-0.4, -0.2) is 19.2 Å². The Morgan fingerprint density at radius 1 is 1.00 bits per heavy atom. The third kappa shape index (κ3) is 2.37. The van der Waals surface area contributed by atoms with Crippen molar-refractivity contribution < 1.29 is 5.11 Å². The van der Waals surface area contributed by atoms with Gasteiger partial charge in [0.2, 0.25) is 0 Å². The molecular formula is C14H14ClNO. The molecule has 17 heavy (non-hydrogen) atoms. The summed E-state index contributed by atoms with van der Waals surface area (Å²) in [5, 5.41) is 10.5. The fraction of sp³-hybridized carbons (Fsp3) is 0.143. The predicted molar refractivity (Wildman–Crippen MR) is 72.9 cm³/mol. The van der Waals surface area contributed by atoms with Crippen LogP contribution in [-0.2, 0) is 0 Å². The second-order valence-electron chi connectivity index (χ2n) is 4.07. The van der Waals surface area contributed by atoms with Crippen LogP contribution in [0.3, 0.4) is 0 Å². The molecule has 0 saturated carbocycles. The minimum atomic E-state index is 0.240. The van der Waals surface area contributed by atoms with E-state index in [0.29, 0.717) is 5.02 Å². The molecule has 0 atom stereocenters. The van der Waals surface area contributed by atoms with E-state index in [9.17, 15) is 5.11 Å². The lowest BCUT2D eigenvalue weighted by Crippen LogP contribution is -2.09. The molecule has 2 rings (SSSR count). The first-order chi connectivity index (χ1) is 8.09. The molecule has 1 N–H and O–H groups in total. The number of anilines is 1. The molecule has 0 aliphatic carbocycles. The number of aromatic hydroxyl groups is 1. The fourth-order valence-corrected chi connectivity index (χ4v) is 1.99. The van der Waals surface area contributed by atoms with Gasteiger partial charge in [-0.2, -0.15) is 0 Å². The molecule has 0 unspecified atom stereocenters. The number of benzene rings is 2. The summed E-state index contributed by atoms with van der Waals surface area (Å²) in [6, 6.07) is 13.0. The molecule has 0 spiro atoms. The number of halogens is 1. The van der Waals surface area contributed by atoms with E-state index < -0.39 is 0 Å². The van der Waals surface area contributed by atoms with Gasteiger partial charge < -0.3 is 10.0 Å². The largest absolute Gasteiger partial charge is 0.507 e. The molecule has 0 fully saturated rings. The second kappa shape index (κ2) is 4.68. The zero-order chi connectivity index (χ0) is 12.4. The molecule has 0 bridgehead atoms. The van der Waals surface area contributed by atoms with Crippen LogP contribution in [0, 0.1) is 0 Å². The number of nitrogens with zero attached hydrogens (tertiary/aromatic N) is 1. The number of hydrogen-bond donors (Lipinski definition) is 1. The first-order valence-electron chi connectivity index (χ1n) is 5.35. The van der Waals surface area contributed by atoms with Gasteiger partial charge in [-0.15, -0.1) is 0 Å². The maximum Gasteiger partial charge on any atom is 0.123 e. The highest BCUT2D eigenvalue weighted by Gasteiger charge is 2.10. The minimum absolute atomic E-state index is 0.240. The lowest BCUT2D eigenvalue weighted by molar-refractivity contribution is 0.477. The van der Waals surface area contributed by atoms with Crippen molar-refractivity contribution in [3.05, 3.63) is 47.5 Å². The smallest absolute Gasteiger partial charge is 0.123 e. The summed E-state index contributed by atoms with van der Waals surface area (Å²) in [5.41, 5.74) is 2.77. The molecule has 0 heterocycles. The van der Waals surface area contributed by atoms with Crippen molar-refractivity contribution in [1.82, 2.24) is 0 Å². The topological polar surface area (TPSA) is 23.5 Å². The third-order valence-electron chi connectivity index (χ3n) is 2.63. The number of phenols is 1. The van der Waals surface area contributed by atoms with Gasteiger partial charge in [0.1, 0.15) is 5.75 Å². The van der Waals surface area contributed by atoms with Crippen LogP contribution >= 0.6 is 11.6 Å². The lowest BCUT2D eigenvalue weighted by atomic mass is 10.0. The number of para-hydroxylation sites is 1. The molecule has 2 aromatic carbocycles. The molecule has 2 aromatic rings. The Morgan fingerprint density at radius 3 is 2.41 bits per heavy atom. The summed E-state index contributed by atoms with van der Waals surface area (Å²) in [6.45, 7) is 0. The molecule has 0 aliphatic heterocycles. The van der Waals surface area contributed by atoms with E-state index in [0.717, 1.165) is 16.8 Å². The van der Waals surface area contributed by atoms with Gasteiger partial charge in [-0.05, 0) is 24.3 Å². The first-order valence-corrected chi connectivity index (χ1v) is 5.72. The van der Waals surface area contributed by atoms with Crippen molar-refractivity contribution in [3.63, 3.8) is 0 Å². The van der Waals surface area contributed by atoms with Gasteiger partial charge in [0, 0.05) is 35.9 Å². The first kappa shape index (κ1) is 11.8. The fourth-order valence-electron chi connectivity index (χ4n) is 1.82. The quantitative estimate of drug-likeness (QED) is 0.873. The summed E-state index contributed by atoms with van der Waals surface area (Å²) < 4.78 is 0. The van der Waals surface area contributed by atoms with Crippen molar-refractivity contribution in [1.29, 1.82) is 0 Å². The Hall–Kier alpha value is -1.67. The average molecular weight is 248 g/mol. The third-order valence-corrected chi connectivity index (χ3v) is 2.87. The highest BCUT2D eigenvalue weighted by atomic mass is 35.5. The van der Waals surface area contributed by atoms with Gasteiger partial charge >= 0.3 is 0 Å². The molecule has 3 heteroatoms. The Kier molecular flexibility index (Phi) is 3.25. The van der Waals surface area contributed by atoms with Crippen LogP contribution in [0.5, 0.6) is 5.75 Å². The lowest BCUT2D eigenvalue weighted by Gasteiger charge is -2.18. The molecule has 2 nitrogen and oxygen atoms in total. The average Bonchev–Trinajstić information content (AvgIpc) is 2.32. The van der Waals surface area contributed by atoms with E-state index in [4.69, 9.17) is 11.6 Å². The van der Waals surface area contributed by atoms with Gasteiger partial charge in [0.25, 0.3) is 0 Å². The zero-order valence-corrected chi connectivity index (χ0v) is 10.6. The monoisotopic (exact) mass is 247 g/mol. The normalized spacial score (nSPS) is 10.3. The number of rotatable bonds is 2. The predicted octanol–water partition coefficient (Wildman–Crippen LogP) is 3.78. The second-order valence-corrected chi connectivity index (χ2v) is 4.51. The molecule has 0 amide bonds. The van der Waals surface area contributed by atoms with Crippen molar-refractivity contribution in [2.45, 2.75) is 0 Å². The van der Waals surface area contributed by atoms with Crippen molar-refractivity contribution in [3.8, 4) is 16.9 Å². The SMILES string of the molecule is CN(C)c1ccccc1-c1cc(Cl)ccc1O. The Labute approximate surface area is 106 Å². The van der Waals surface area contributed by atoms with Gasteiger partial charge in [-0.1, -0.05) is 29.8 Å². The summed E-state index contributed by atoms with van der Waals surface area (Å²) in [6.07, 6.45) is 0. The summed E-state index contributed by atoms with van der Waals surface area (Å²) in [5.74, 6) is 0.240. The Bertz CT molecular complexity index is 537. The van der Waals surface area contributed by atoms with Crippen LogP contribution in [0.15, 0.2) is 42.5 Å². The summed E-state index contributed by atoms with van der Waals surface area (Å²) in [4.78, 5) is 2.01. The Morgan fingerprint density at radius 2 is 1.71 bits per heavy atom. The van der Waals surface area contributed by atoms with Crippen molar-refractivity contribution >= 4 is 17.3 Å². The van der Waals surface area contributed by atoms with Gasteiger partial charge in [-0.3, -0.25) is 0 Å². The Balaban J connectivity index is 2.64. The van der Waals surface area contributed by atoms with Crippen LogP contribution in [0.25, 0.3) is 11.1 Å². The number of hydrogen-bond acceptors (Lipinski definition) is 2. The maximum absolute atomic E-state index is 9.92. The van der Waals surface area contributed by atoms with Gasteiger partial charge in [-0.25, -0.2) is 0 Å². The van der Waals surface area contributed by atoms with Gasteiger partial charge in [0.15, 0.2) is 0 Å². The van der Waals surface area contributed by atoms with E-state index in [1.807, 2.05) is 43.3 Å². The molecule has 0 saturated heterocycles. The van der Waals surface area contributed by atoms with Crippen LogP contribution in [0.1, 0.15) is 0 Å². The summed E-state index contributed by atoms with van der Waals surface area (Å²) in [7, 11) is 3.95. The van der Waals surface area contributed by atoms with Crippen LogP contribution < -0.4 is 4.90 Å². The molecular weight excluding hydrogens is 234 g/mol. The van der Waals surface area contributed by atoms with Crippen LogP contribution in [0.4, 0.5) is 5.69 Å². The van der Waals surface area contributed by atoms with E-state index in [1.165, 1.54) is 0 Å². The van der Waals surface area contributed by atoms with E-state index >= 15 is 0 Å². The molecule has 0 aromatic heterocycles. The standard InChI is InChI=1S/C14H14ClNO/c1-16(2)13-6-4-3-5-11(13)12-9-10(15)7-8-14(12)17/h3-9,17H,1-2H3. The highest BCUT2D eigenvalue weighted by Crippen LogP contribution is 2.36. The van der Waals surface area contributed by atoms with E-state index in [-0.39, 0.29) is 5.75 Å². The van der Waals surface area contributed by atoms with Crippen molar-refractivity contribution in [2.24, 2.45) is 0 Å². The zero-order valence-electron chi connectivity index (χ0n) is 9.81. The minimum Gasteiger partial charge on any atom is -0.507 e. The van der Waals surface area contributed by atoms with Crippen LogP contribution in [0.2, 0.25) is 5.02 Å².